The minimum absolute atomic E-state index is 0.339. The largest absolute Gasteiger partial charge is 0.381 e. The molecule has 0 radical (unpaired) electrons. The van der Waals surface area contributed by atoms with Crippen LogP contribution < -0.4 is 5.32 Å². The maximum atomic E-state index is 5.45. The quantitative estimate of drug-likeness (QED) is 0.838. The Hall–Kier alpha value is -0.120. The topological polar surface area (TPSA) is 24.5 Å². The van der Waals surface area contributed by atoms with E-state index in [4.69, 9.17) is 4.74 Å². The van der Waals surface area contributed by atoms with Gasteiger partial charge < -0.3 is 10.1 Å². The molecule has 1 aliphatic carbocycles. The molecule has 0 aromatic carbocycles. The monoisotopic (exact) mass is 298 g/mol. The summed E-state index contributed by atoms with van der Waals surface area (Å²) in [4.78, 5) is 2.67. The summed E-state index contributed by atoms with van der Waals surface area (Å²) in [5.41, 5.74) is 0.339. The average molecular weight is 299 g/mol. The van der Waals surface area contributed by atoms with Gasteiger partial charge in [0.05, 0.1) is 6.10 Å². The van der Waals surface area contributed by atoms with E-state index < -0.39 is 0 Å². The summed E-state index contributed by atoms with van der Waals surface area (Å²) in [6.07, 6.45) is 8.64. The van der Waals surface area contributed by atoms with E-state index >= 15 is 0 Å². The fraction of sp³-hybridized carbons (Fsp3) is 1.00. The summed E-state index contributed by atoms with van der Waals surface area (Å²) in [6, 6.07) is 0. The zero-order valence-electron chi connectivity index (χ0n) is 15.1. The number of hydrogen-bond acceptors (Lipinski definition) is 3. The van der Waals surface area contributed by atoms with Crippen LogP contribution in [-0.2, 0) is 4.74 Å². The van der Waals surface area contributed by atoms with E-state index in [2.05, 4.69) is 24.1 Å². The Morgan fingerprint density at radius 1 is 1.14 bits per heavy atom. The minimum atomic E-state index is 0.339. The molecule has 1 N–H and O–H groups in total. The van der Waals surface area contributed by atoms with E-state index in [9.17, 15) is 0 Å². The molecule has 0 amide bonds. The first-order valence-electron chi connectivity index (χ1n) is 9.10. The van der Waals surface area contributed by atoms with Gasteiger partial charge in [-0.1, -0.05) is 13.8 Å². The van der Waals surface area contributed by atoms with Crippen LogP contribution in [0.5, 0.6) is 0 Å². The van der Waals surface area contributed by atoms with Crippen LogP contribution in [-0.4, -0.2) is 49.8 Å². The number of nitrogens with one attached hydrogen (secondary N) is 1. The average Bonchev–Trinajstić information content (AvgIpc) is 2.51. The molecule has 0 spiro atoms. The molecule has 1 heterocycles. The van der Waals surface area contributed by atoms with Crippen molar-refractivity contribution in [3.05, 3.63) is 0 Å². The van der Waals surface area contributed by atoms with Gasteiger partial charge in [-0.2, -0.15) is 0 Å². The fourth-order valence-corrected chi connectivity index (χ4v) is 3.66. The summed E-state index contributed by atoms with van der Waals surface area (Å²) in [7, 11) is 1.86. The maximum Gasteiger partial charge on any atom is 0.0571 e. The smallest absolute Gasteiger partial charge is 0.0571 e. The summed E-state index contributed by atoms with van der Waals surface area (Å²) < 4.78 is 5.45. The fourth-order valence-electron chi connectivity index (χ4n) is 3.66. The molecule has 0 aromatic rings. The molecule has 3 nitrogen and oxygen atoms in total. The predicted octanol–water partition coefficient (Wildman–Crippen LogP) is 3.68. The molecule has 0 unspecified atom stereocenters. The van der Waals surface area contributed by atoms with Crippen molar-refractivity contribution in [3.63, 3.8) is 0 Å². The van der Waals surface area contributed by atoms with Crippen LogP contribution in [0.2, 0.25) is 0 Å². The summed E-state index contributed by atoms with van der Waals surface area (Å²) in [6.45, 7) is 13.5. The molecular weight excluding hydrogens is 260 g/mol. The summed E-state index contributed by atoms with van der Waals surface area (Å²) in [5, 5.41) is 3.50. The highest BCUT2D eigenvalue weighted by Gasteiger charge is 2.29. The third-order valence-corrected chi connectivity index (χ3v) is 5.14. The van der Waals surface area contributed by atoms with Crippen molar-refractivity contribution in [2.75, 3.05) is 33.3 Å². The van der Waals surface area contributed by atoms with Crippen LogP contribution in [0.4, 0.5) is 0 Å². The molecule has 1 saturated heterocycles. The van der Waals surface area contributed by atoms with Crippen molar-refractivity contribution in [1.82, 2.24) is 10.2 Å². The first-order valence-corrected chi connectivity index (χ1v) is 9.10. The maximum absolute atomic E-state index is 5.45. The molecule has 1 saturated carbocycles. The van der Waals surface area contributed by atoms with Gasteiger partial charge in [0, 0.05) is 32.3 Å². The number of ether oxygens (including phenoxy) is 1. The number of methoxy groups -OCH3 is 1. The van der Waals surface area contributed by atoms with Crippen molar-refractivity contribution in [2.45, 2.75) is 77.9 Å². The molecule has 0 bridgehead atoms. The second-order valence-electron chi connectivity index (χ2n) is 7.00. The highest BCUT2D eigenvalue weighted by Crippen LogP contribution is 2.29. The lowest BCUT2D eigenvalue weighted by molar-refractivity contribution is 0.0521. The molecule has 2 fully saturated rings. The van der Waals surface area contributed by atoms with Crippen molar-refractivity contribution in [2.24, 2.45) is 5.92 Å². The van der Waals surface area contributed by atoms with Crippen LogP contribution in [0.1, 0.15) is 66.2 Å². The Bertz CT molecular complexity index is 260. The predicted molar refractivity (Wildman–Crippen MR) is 91.9 cm³/mol. The van der Waals surface area contributed by atoms with Gasteiger partial charge in [-0.25, -0.2) is 0 Å². The van der Waals surface area contributed by atoms with Crippen LogP contribution in [0.15, 0.2) is 0 Å². The molecule has 0 aromatic heterocycles. The lowest BCUT2D eigenvalue weighted by Crippen LogP contribution is -2.57. The normalized spacial score (nSPS) is 29.6. The summed E-state index contributed by atoms with van der Waals surface area (Å²) in [5.74, 6) is 0.956. The molecule has 0 atom stereocenters. The second kappa shape index (κ2) is 9.81. The van der Waals surface area contributed by atoms with Crippen LogP contribution in [0.25, 0.3) is 0 Å². The molecule has 1 aliphatic heterocycles. The number of hydrogen-bond donors (Lipinski definition) is 1. The lowest BCUT2D eigenvalue weighted by atomic mass is 9.84. The van der Waals surface area contributed by atoms with E-state index in [1.54, 1.807) is 0 Å². The third kappa shape index (κ3) is 6.25. The minimum Gasteiger partial charge on any atom is -0.381 e. The van der Waals surface area contributed by atoms with E-state index in [-0.39, 0.29) is 0 Å². The van der Waals surface area contributed by atoms with Gasteiger partial charge >= 0.3 is 0 Å². The zero-order chi connectivity index (χ0) is 15.7. The Labute approximate surface area is 132 Å². The highest BCUT2D eigenvalue weighted by molar-refractivity contribution is 4.88. The van der Waals surface area contributed by atoms with E-state index in [0.717, 1.165) is 19.0 Å². The van der Waals surface area contributed by atoms with Crippen LogP contribution in [0.3, 0.4) is 0 Å². The molecule has 3 heteroatoms. The SMILES string of the molecule is CC.COC1CCC(CCCN2CCNCC2(C)C)CC1. The van der Waals surface area contributed by atoms with Gasteiger partial charge in [-0.3, -0.25) is 4.90 Å². The number of rotatable bonds is 5. The Morgan fingerprint density at radius 2 is 1.81 bits per heavy atom. The molecule has 2 rings (SSSR count). The molecule has 2 aliphatic rings. The van der Waals surface area contributed by atoms with Gasteiger partial charge in [0.25, 0.3) is 0 Å². The van der Waals surface area contributed by atoms with Gasteiger partial charge in [0.2, 0.25) is 0 Å². The van der Waals surface area contributed by atoms with E-state index in [1.807, 2.05) is 21.0 Å². The first-order chi connectivity index (χ1) is 10.1. The number of nitrogens with zero attached hydrogens (tertiary/aromatic N) is 1. The van der Waals surface area contributed by atoms with Crippen molar-refractivity contribution >= 4 is 0 Å². The first kappa shape index (κ1) is 18.9. The van der Waals surface area contributed by atoms with Crippen molar-refractivity contribution in [1.29, 1.82) is 0 Å². The highest BCUT2D eigenvalue weighted by atomic mass is 16.5. The Morgan fingerprint density at radius 3 is 2.38 bits per heavy atom. The van der Waals surface area contributed by atoms with E-state index in [1.165, 1.54) is 51.6 Å². The molecule has 126 valence electrons. The zero-order valence-corrected chi connectivity index (χ0v) is 15.1. The van der Waals surface area contributed by atoms with Gasteiger partial charge in [-0.05, 0) is 64.8 Å². The van der Waals surface area contributed by atoms with Gasteiger partial charge in [0.1, 0.15) is 0 Å². The standard InChI is InChI=1S/C16H32N2O.C2H6/c1-16(2)13-17-10-12-18(16)11-4-5-14-6-8-15(19-3)9-7-14;1-2/h14-15,17H,4-13H2,1-3H3;1-2H3. The molecule has 21 heavy (non-hydrogen) atoms. The van der Waals surface area contributed by atoms with Crippen molar-refractivity contribution < 1.29 is 4.74 Å². The third-order valence-electron chi connectivity index (χ3n) is 5.14. The van der Waals surface area contributed by atoms with Crippen LogP contribution >= 0.6 is 0 Å². The molecular formula is C18H38N2O. The van der Waals surface area contributed by atoms with E-state index in [0.29, 0.717) is 11.6 Å². The van der Waals surface area contributed by atoms with Crippen LogP contribution in [0, 0.1) is 5.92 Å². The summed E-state index contributed by atoms with van der Waals surface area (Å²) >= 11 is 0. The van der Waals surface area contributed by atoms with Gasteiger partial charge in [-0.15, -0.1) is 0 Å². The Kier molecular flexibility index (Phi) is 8.84. The number of piperazine rings is 1. The lowest BCUT2D eigenvalue weighted by Gasteiger charge is -2.43. The van der Waals surface area contributed by atoms with Crippen molar-refractivity contribution in [3.8, 4) is 0 Å². The Balaban J connectivity index is 0.00000106. The second-order valence-corrected chi connectivity index (χ2v) is 7.00. The van der Waals surface area contributed by atoms with Gasteiger partial charge in [0.15, 0.2) is 0 Å².